The zero-order chi connectivity index (χ0) is 15.7. The minimum Gasteiger partial charge on any atom is -0.354 e. The van der Waals surface area contributed by atoms with Gasteiger partial charge in [0.1, 0.15) is 5.82 Å². The van der Waals surface area contributed by atoms with E-state index in [2.05, 4.69) is 19.6 Å². The average Bonchev–Trinajstić information content (AvgIpc) is 2.45. The lowest BCUT2D eigenvalue weighted by Gasteiger charge is -2.33. The van der Waals surface area contributed by atoms with Gasteiger partial charge >= 0.3 is 0 Å². The molecule has 1 aliphatic heterocycles. The molecule has 6 nitrogen and oxygen atoms in total. The maximum Gasteiger partial charge on any atom is 0.209 e. The number of aromatic nitrogens is 2. The highest BCUT2D eigenvalue weighted by molar-refractivity contribution is 7.88. The van der Waals surface area contributed by atoms with E-state index in [4.69, 9.17) is 11.6 Å². The molecular weight excluding hydrogens is 324 g/mol. The number of hydrogen-bond donors (Lipinski definition) is 1. The molecule has 1 aromatic heterocycles. The van der Waals surface area contributed by atoms with Crippen molar-refractivity contribution < 1.29 is 8.42 Å². The van der Waals surface area contributed by atoms with Crippen LogP contribution in [0.3, 0.4) is 0 Å². The van der Waals surface area contributed by atoms with Crippen molar-refractivity contribution in [2.75, 3.05) is 24.2 Å². The van der Waals surface area contributed by atoms with Gasteiger partial charge in [0.05, 0.1) is 23.5 Å². The molecule has 0 spiro atoms. The Balaban J connectivity index is 1.82. The molecule has 8 heteroatoms. The third-order valence-electron chi connectivity index (χ3n) is 3.62. The van der Waals surface area contributed by atoms with Gasteiger partial charge in [0.25, 0.3) is 0 Å². The van der Waals surface area contributed by atoms with Crippen molar-refractivity contribution in [1.29, 1.82) is 0 Å². The molecule has 3 rings (SSSR count). The third kappa shape index (κ3) is 3.66. The quantitative estimate of drug-likeness (QED) is 0.922. The first-order valence-corrected chi connectivity index (χ1v) is 9.32. The fourth-order valence-corrected chi connectivity index (χ4v) is 3.67. The first-order valence-electron chi connectivity index (χ1n) is 7.05. The Kier molecular flexibility index (Phi) is 4.20. The molecule has 22 heavy (non-hydrogen) atoms. The molecule has 1 atom stereocenters. The Hall–Kier alpha value is -1.44. The van der Waals surface area contributed by atoms with Crippen LogP contribution in [0, 0.1) is 0 Å². The Morgan fingerprint density at radius 3 is 2.95 bits per heavy atom. The van der Waals surface area contributed by atoms with E-state index in [0.717, 1.165) is 36.2 Å². The summed E-state index contributed by atoms with van der Waals surface area (Å²) in [6.45, 7) is 1.44. The summed E-state index contributed by atoms with van der Waals surface area (Å²) in [4.78, 5) is 11.1. The van der Waals surface area contributed by atoms with Crippen molar-refractivity contribution in [2.45, 2.75) is 18.9 Å². The number of rotatable bonds is 3. The molecule has 0 radical (unpaired) electrons. The van der Waals surface area contributed by atoms with E-state index in [-0.39, 0.29) is 6.04 Å². The lowest BCUT2D eigenvalue weighted by molar-refractivity contribution is 0.465. The van der Waals surface area contributed by atoms with Gasteiger partial charge in [-0.15, -0.1) is 0 Å². The highest BCUT2D eigenvalue weighted by Crippen LogP contribution is 2.22. The highest BCUT2D eigenvalue weighted by Gasteiger charge is 2.23. The summed E-state index contributed by atoms with van der Waals surface area (Å²) in [7, 11) is -3.20. The Bertz CT molecular complexity index is 797. The standard InChI is InChI=1S/C14H17ClN4O2S/c1-22(20,21)18-11-3-2-6-19(9-11)14-8-16-13-7-10(15)4-5-12(13)17-14/h4-5,7-8,11,18H,2-3,6,9H2,1H3. The van der Waals surface area contributed by atoms with E-state index in [1.54, 1.807) is 18.3 Å². The summed E-state index contributed by atoms with van der Waals surface area (Å²) >= 11 is 5.94. The maximum absolute atomic E-state index is 11.4. The average molecular weight is 341 g/mol. The number of hydrogen-bond acceptors (Lipinski definition) is 5. The third-order valence-corrected chi connectivity index (χ3v) is 4.61. The number of sulfonamides is 1. The normalized spacial score (nSPS) is 19.5. The first-order chi connectivity index (χ1) is 10.4. The molecule has 1 saturated heterocycles. The van der Waals surface area contributed by atoms with E-state index < -0.39 is 10.0 Å². The molecule has 118 valence electrons. The van der Waals surface area contributed by atoms with E-state index in [0.29, 0.717) is 11.6 Å². The molecule has 0 bridgehead atoms. The number of fused-ring (bicyclic) bond motifs is 1. The van der Waals surface area contributed by atoms with Crippen LogP contribution in [0.15, 0.2) is 24.4 Å². The zero-order valence-corrected chi connectivity index (χ0v) is 13.7. The van der Waals surface area contributed by atoms with Gasteiger partial charge in [-0.05, 0) is 31.0 Å². The number of piperidine rings is 1. The summed E-state index contributed by atoms with van der Waals surface area (Å²) < 4.78 is 25.4. The Morgan fingerprint density at radius 1 is 1.36 bits per heavy atom. The minimum atomic E-state index is -3.20. The van der Waals surface area contributed by atoms with Crippen LogP contribution < -0.4 is 9.62 Å². The van der Waals surface area contributed by atoms with E-state index in [1.165, 1.54) is 6.26 Å². The van der Waals surface area contributed by atoms with Crippen LogP contribution in [0.4, 0.5) is 5.82 Å². The molecule has 1 N–H and O–H groups in total. The number of nitrogens with one attached hydrogen (secondary N) is 1. The Morgan fingerprint density at radius 2 is 2.18 bits per heavy atom. The molecule has 1 aromatic carbocycles. The van der Waals surface area contributed by atoms with Crippen molar-refractivity contribution in [2.24, 2.45) is 0 Å². The number of halogens is 1. The predicted molar refractivity (Wildman–Crippen MR) is 87.8 cm³/mol. The van der Waals surface area contributed by atoms with Gasteiger partial charge in [-0.2, -0.15) is 0 Å². The molecular formula is C14H17ClN4O2S. The monoisotopic (exact) mass is 340 g/mol. The highest BCUT2D eigenvalue weighted by atomic mass is 35.5. The topological polar surface area (TPSA) is 75.2 Å². The summed E-state index contributed by atoms with van der Waals surface area (Å²) in [6, 6.07) is 5.31. The lowest BCUT2D eigenvalue weighted by atomic mass is 10.1. The largest absolute Gasteiger partial charge is 0.354 e. The van der Waals surface area contributed by atoms with Crippen molar-refractivity contribution in [3.8, 4) is 0 Å². The van der Waals surface area contributed by atoms with Crippen LogP contribution in [-0.2, 0) is 10.0 Å². The summed E-state index contributed by atoms with van der Waals surface area (Å²) in [6.07, 6.45) is 4.64. The Labute approximate surface area is 134 Å². The van der Waals surface area contributed by atoms with Gasteiger partial charge < -0.3 is 4.90 Å². The van der Waals surface area contributed by atoms with Gasteiger partial charge in [0, 0.05) is 24.2 Å². The van der Waals surface area contributed by atoms with Gasteiger partial charge in [-0.3, -0.25) is 4.98 Å². The fraction of sp³-hybridized carbons (Fsp3) is 0.429. The molecule has 0 amide bonds. The molecule has 0 saturated carbocycles. The number of nitrogens with zero attached hydrogens (tertiary/aromatic N) is 3. The predicted octanol–water partition coefficient (Wildman–Crippen LogP) is 1.80. The van der Waals surface area contributed by atoms with Crippen molar-refractivity contribution in [3.05, 3.63) is 29.4 Å². The zero-order valence-electron chi connectivity index (χ0n) is 12.2. The number of benzene rings is 1. The maximum atomic E-state index is 11.4. The van der Waals surface area contributed by atoms with Crippen LogP contribution >= 0.6 is 11.6 Å². The SMILES string of the molecule is CS(=O)(=O)NC1CCCN(c2cnc3cc(Cl)ccc3n2)C1. The molecule has 1 fully saturated rings. The van der Waals surface area contributed by atoms with Crippen LogP contribution in [0.5, 0.6) is 0 Å². The van der Waals surface area contributed by atoms with Crippen LogP contribution in [0.25, 0.3) is 11.0 Å². The van der Waals surface area contributed by atoms with Gasteiger partial charge in [0.15, 0.2) is 0 Å². The molecule has 1 unspecified atom stereocenters. The van der Waals surface area contributed by atoms with E-state index in [9.17, 15) is 8.42 Å². The van der Waals surface area contributed by atoms with Gasteiger partial charge in [-0.1, -0.05) is 11.6 Å². The summed E-state index contributed by atoms with van der Waals surface area (Å²) in [5, 5.41) is 0.630. The second-order valence-electron chi connectivity index (χ2n) is 5.54. The lowest BCUT2D eigenvalue weighted by Crippen LogP contribution is -2.47. The van der Waals surface area contributed by atoms with E-state index in [1.807, 2.05) is 6.07 Å². The van der Waals surface area contributed by atoms with Crippen molar-refractivity contribution in [3.63, 3.8) is 0 Å². The smallest absolute Gasteiger partial charge is 0.209 e. The van der Waals surface area contributed by atoms with E-state index >= 15 is 0 Å². The van der Waals surface area contributed by atoms with Crippen LogP contribution in [-0.4, -0.2) is 43.8 Å². The van der Waals surface area contributed by atoms with Crippen molar-refractivity contribution >= 4 is 38.5 Å². The molecule has 1 aliphatic rings. The summed E-state index contributed by atoms with van der Waals surface area (Å²) in [5.74, 6) is 0.759. The summed E-state index contributed by atoms with van der Waals surface area (Å²) in [5.41, 5.74) is 1.53. The minimum absolute atomic E-state index is 0.0912. The van der Waals surface area contributed by atoms with Gasteiger partial charge in [-0.25, -0.2) is 18.1 Å². The van der Waals surface area contributed by atoms with Crippen molar-refractivity contribution in [1.82, 2.24) is 14.7 Å². The molecule has 2 aromatic rings. The second-order valence-corrected chi connectivity index (χ2v) is 7.75. The number of anilines is 1. The first kappa shape index (κ1) is 15.5. The molecule has 2 heterocycles. The van der Waals surface area contributed by atoms with Crippen LogP contribution in [0.2, 0.25) is 5.02 Å². The van der Waals surface area contributed by atoms with Crippen LogP contribution in [0.1, 0.15) is 12.8 Å². The molecule has 0 aliphatic carbocycles. The second kappa shape index (κ2) is 5.98. The fourth-order valence-electron chi connectivity index (χ4n) is 2.71. The van der Waals surface area contributed by atoms with Gasteiger partial charge in [0.2, 0.25) is 10.0 Å².